The molecule has 0 amide bonds. The normalized spacial score (nSPS) is 12.8. The molecule has 0 unspecified atom stereocenters. The highest BCUT2D eigenvalue weighted by molar-refractivity contribution is 7.80. The maximum Gasteiger partial charge on any atom is 0.231 e. The topological polar surface area (TPSA) is 56.5 Å². The first-order chi connectivity index (χ1) is 7.25. The summed E-state index contributed by atoms with van der Waals surface area (Å²) in [4.78, 5) is 0.468. The minimum atomic E-state index is 0.305. The Morgan fingerprint density at radius 1 is 1.40 bits per heavy atom. The van der Waals surface area contributed by atoms with Crippen LogP contribution in [0, 0.1) is 0 Å². The average Bonchev–Trinajstić information content (AvgIpc) is 2.64. The molecular formula is C10H12N2O2S. The van der Waals surface area contributed by atoms with Crippen LogP contribution in [-0.4, -0.2) is 18.3 Å². The van der Waals surface area contributed by atoms with E-state index in [0.717, 1.165) is 17.1 Å². The summed E-state index contributed by atoms with van der Waals surface area (Å²) in [7, 11) is 0. The Hall–Kier alpha value is -1.33. The minimum absolute atomic E-state index is 0.305. The smallest absolute Gasteiger partial charge is 0.231 e. The molecule has 1 aliphatic heterocycles. The number of fused-ring (bicyclic) bond motifs is 1. The van der Waals surface area contributed by atoms with Crippen LogP contribution < -0.4 is 20.5 Å². The highest BCUT2D eigenvalue weighted by Crippen LogP contribution is 2.32. The van der Waals surface area contributed by atoms with Gasteiger partial charge in [0.05, 0.1) is 4.99 Å². The third-order valence-electron chi connectivity index (χ3n) is 2.07. The van der Waals surface area contributed by atoms with Crippen molar-refractivity contribution in [3.05, 3.63) is 23.8 Å². The van der Waals surface area contributed by atoms with Crippen molar-refractivity contribution in [2.75, 3.05) is 13.3 Å². The molecule has 1 aromatic carbocycles. The Kier molecular flexibility index (Phi) is 3.03. The van der Waals surface area contributed by atoms with E-state index in [4.69, 9.17) is 27.4 Å². The molecule has 0 fully saturated rings. The van der Waals surface area contributed by atoms with Crippen LogP contribution in [0.5, 0.6) is 11.5 Å². The van der Waals surface area contributed by atoms with E-state index in [1.54, 1.807) is 0 Å². The van der Waals surface area contributed by atoms with E-state index in [2.05, 4.69) is 5.32 Å². The molecule has 4 nitrogen and oxygen atoms in total. The Bertz CT molecular complexity index is 382. The third-order valence-corrected chi connectivity index (χ3v) is 2.21. The number of ether oxygens (including phenoxy) is 2. The molecule has 1 aliphatic rings. The molecule has 2 rings (SSSR count). The summed E-state index contributed by atoms with van der Waals surface area (Å²) < 4.78 is 10.5. The molecule has 0 saturated heterocycles. The van der Waals surface area contributed by atoms with Crippen molar-refractivity contribution in [2.24, 2.45) is 5.73 Å². The summed E-state index contributed by atoms with van der Waals surface area (Å²) in [6, 6.07) is 5.84. The lowest BCUT2D eigenvalue weighted by atomic mass is 10.2. The molecule has 0 aliphatic carbocycles. The zero-order valence-corrected chi connectivity index (χ0v) is 8.97. The lowest BCUT2D eigenvalue weighted by Crippen LogP contribution is -2.26. The predicted octanol–water partition coefficient (Wildman–Crippen LogP) is 0.791. The Morgan fingerprint density at radius 3 is 3.00 bits per heavy atom. The van der Waals surface area contributed by atoms with Crippen LogP contribution >= 0.6 is 12.2 Å². The molecule has 1 heterocycles. The number of rotatable bonds is 4. The van der Waals surface area contributed by atoms with Crippen LogP contribution in [0.3, 0.4) is 0 Å². The molecule has 0 radical (unpaired) electrons. The zero-order valence-electron chi connectivity index (χ0n) is 8.16. The van der Waals surface area contributed by atoms with Gasteiger partial charge in [-0.05, 0) is 17.7 Å². The van der Waals surface area contributed by atoms with Gasteiger partial charge < -0.3 is 20.5 Å². The Balaban J connectivity index is 1.95. The maximum atomic E-state index is 5.37. The molecular weight excluding hydrogens is 212 g/mol. The van der Waals surface area contributed by atoms with Gasteiger partial charge in [-0.1, -0.05) is 18.3 Å². The molecule has 0 atom stereocenters. The van der Waals surface area contributed by atoms with Gasteiger partial charge in [0, 0.05) is 13.1 Å². The molecule has 0 spiro atoms. The number of thiocarbonyl (C=S) groups is 1. The van der Waals surface area contributed by atoms with Gasteiger partial charge in [0.2, 0.25) is 6.79 Å². The van der Waals surface area contributed by atoms with Crippen molar-refractivity contribution in [2.45, 2.75) is 6.54 Å². The molecule has 5 heteroatoms. The summed E-state index contributed by atoms with van der Waals surface area (Å²) in [6.45, 7) is 1.57. The van der Waals surface area contributed by atoms with Gasteiger partial charge in [-0.2, -0.15) is 0 Å². The zero-order chi connectivity index (χ0) is 10.7. The average molecular weight is 224 g/mol. The van der Waals surface area contributed by atoms with Gasteiger partial charge in [-0.15, -0.1) is 0 Å². The van der Waals surface area contributed by atoms with Crippen molar-refractivity contribution in [1.29, 1.82) is 0 Å². The number of hydrogen-bond donors (Lipinski definition) is 2. The summed E-state index contributed by atoms with van der Waals surface area (Å²) in [5, 5.41) is 3.13. The second-order valence-corrected chi connectivity index (χ2v) is 3.78. The molecule has 0 aromatic heterocycles. The first kappa shape index (κ1) is 10.2. The van der Waals surface area contributed by atoms with Crippen LogP contribution in [0.1, 0.15) is 5.56 Å². The molecule has 15 heavy (non-hydrogen) atoms. The minimum Gasteiger partial charge on any atom is -0.454 e. The quantitative estimate of drug-likeness (QED) is 0.741. The van der Waals surface area contributed by atoms with Crippen molar-refractivity contribution >= 4 is 17.2 Å². The van der Waals surface area contributed by atoms with Crippen LogP contribution in [0.2, 0.25) is 0 Å². The molecule has 0 saturated carbocycles. The van der Waals surface area contributed by atoms with E-state index in [1.807, 2.05) is 18.2 Å². The van der Waals surface area contributed by atoms with Crippen molar-refractivity contribution in [3.8, 4) is 11.5 Å². The second kappa shape index (κ2) is 4.46. The third kappa shape index (κ3) is 2.57. The highest BCUT2D eigenvalue weighted by atomic mass is 32.1. The van der Waals surface area contributed by atoms with Gasteiger partial charge in [-0.3, -0.25) is 0 Å². The van der Waals surface area contributed by atoms with E-state index in [9.17, 15) is 0 Å². The molecule has 1 aromatic rings. The van der Waals surface area contributed by atoms with Gasteiger partial charge in [-0.25, -0.2) is 0 Å². The SMILES string of the molecule is NC(=S)CNCc1ccc2c(c1)OCO2. The fourth-order valence-electron chi connectivity index (χ4n) is 1.38. The van der Waals surface area contributed by atoms with Crippen molar-refractivity contribution < 1.29 is 9.47 Å². The van der Waals surface area contributed by atoms with Gasteiger partial charge in [0.15, 0.2) is 11.5 Å². The molecule has 0 bridgehead atoms. The number of nitrogens with one attached hydrogen (secondary N) is 1. The predicted molar refractivity (Wildman–Crippen MR) is 61.1 cm³/mol. The number of nitrogens with two attached hydrogens (primary N) is 1. The first-order valence-corrected chi connectivity index (χ1v) is 5.04. The lowest BCUT2D eigenvalue weighted by Gasteiger charge is -2.04. The highest BCUT2D eigenvalue weighted by Gasteiger charge is 2.12. The summed E-state index contributed by atoms with van der Waals surface area (Å²) in [5.41, 5.74) is 6.49. The summed E-state index contributed by atoms with van der Waals surface area (Å²) in [5.74, 6) is 1.60. The molecule has 3 N–H and O–H groups in total. The van der Waals surface area contributed by atoms with E-state index >= 15 is 0 Å². The summed E-state index contributed by atoms with van der Waals surface area (Å²) in [6.07, 6.45) is 0. The van der Waals surface area contributed by atoms with Gasteiger partial charge >= 0.3 is 0 Å². The number of benzene rings is 1. The first-order valence-electron chi connectivity index (χ1n) is 4.63. The van der Waals surface area contributed by atoms with Crippen molar-refractivity contribution in [1.82, 2.24) is 5.32 Å². The second-order valence-electron chi connectivity index (χ2n) is 3.26. The van der Waals surface area contributed by atoms with Gasteiger partial charge in [0.1, 0.15) is 0 Å². The van der Waals surface area contributed by atoms with E-state index < -0.39 is 0 Å². The monoisotopic (exact) mass is 224 g/mol. The van der Waals surface area contributed by atoms with E-state index in [1.165, 1.54) is 0 Å². The maximum absolute atomic E-state index is 5.37. The van der Waals surface area contributed by atoms with Crippen LogP contribution in [0.4, 0.5) is 0 Å². The standard InChI is InChI=1S/C10H12N2O2S/c11-10(15)5-12-4-7-1-2-8-9(3-7)14-6-13-8/h1-3,12H,4-6H2,(H2,11,15). The van der Waals surface area contributed by atoms with Crippen LogP contribution in [0.15, 0.2) is 18.2 Å². The Labute approximate surface area is 93.4 Å². The molecule has 80 valence electrons. The van der Waals surface area contributed by atoms with Crippen molar-refractivity contribution in [3.63, 3.8) is 0 Å². The fourth-order valence-corrected chi connectivity index (χ4v) is 1.48. The lowest BCUT2D eigenvalue weighted by molar-refractivity contribution is 0.174. The Morgan fingerprint density at radius 2 is 2.20 bits per heavy atom. The van der Waals surface area contributed by atoms with Crippen LogP contribution in [0.25, 0.3) is 0 Å². The fraction of sp³-hybridized carbons (Fsp3) is 0.300. The summed E-state index contributed by atoms with van der Waals surface area (Å²) >= 11 is 4.76. The van der Waals surface area contributed by atoms with E-state index in [0.29, 0.717) is 24.9 Å². The van der Waals surface area contributed by atoms with Crippen LogP contribution in [-0.2, 0) is 6.54 Å². The largest absolute Gasteiger partial charge is 0.454 e. The number of hydrogen-bond acceptors (Lipinski definition) is 4. The van der Waals surface area contributed by atoms with Gasteiger partial charge in [0.25, 0.3) is 0 Å². The van der Waals surface area contributed by atoms with E-state index in [-0.39, 0.29) is 0 Å².